The van der Waals surface area contributed by atoms with Gasteiger partial charge in [-0.3, -0.25) is 14.9 Å². The minimum absolute atomic E-state index is 0.0474. The molecule has 11 heteroatoms. The van der Waals surface area contributed by atoms with Crippen molar-refractivity contribution < 1.29 is 33.5 Å². The Morgan fingerprint density at radius 2 is 1.62 bits per heavy atom. The van der Waals surface area contributed by atoms with Crippen molar-refractivity contribution in [2.24, 2.45) is 0 Å². The predicted octanol–water partition coefficient (Wildman–Crippen LogP) is 4.66. The fourth-order valence-corrected chi connectivity index (χ4v) is 4.43. The van der Waals surface area contributed by atoms with Crippen LogP contribution in [0.5, 0.6) is 5.75 Å². The summed E-state index contributed by atoms with van der Waals surface area (Å²) < 4.78 is 22.8. The number of benzene rings is 3. The smallest absolute Gasteiger partial charge is 0.338 e. The van der Waals surface area contributed by atoms with Crippen LogP contribution in [0.4, 0.5) is 5.69 Å². The third-order valence-electron chi connectivity index (χ3n) is 5.22. The van der Waals surface area contributed by atoms with E-state index >= 15 is 0 Å². The zero-order valence-electron chi connectivity index (χ0n) is 20.4. The number of carbonyl (C=O) groups is 2. The molecule has 37 heavy (non-hydrogen) atoms. The van der Waals surface area contributed by atoms with Crippen molar-refractivity contribution in [3.8, 4) is 5.75 Å². The van der Waals surface area contributed by atoms with Gasteiger partial charge in [-0.15, -0.1) is 0 Å². The molecule has 0 amide bonds. The van der Waals surface area contributed by atoms with Crippen LogP contribution in [0.1, 0.15) is 22.0 Å². The fraction of sp³-hybridized carbons (Fsp3) is 0.231. The molecule has 0 saturated carbocycles. The first-order chi connectivity index (χ1) is 17.8. The molecule has 3 rings (SSSR count). The molecule has 0 aliphatic rings. The monoisotopic (exact) mass is 526 g/mol. The second-order valence-electron chi connectivity index (χ2n) is 7.64. The van der Waals surface area contributed by atoms with E-state index in [4.69, 9.17) is 18.9 Å². The van der Waals surface area contributed by atoms with Gasteiger partial charge in [-0.05, 0) is 54.9 Å². The Morgan fingerprint density at radius 1 is 0.973 bits per heavy atom. The van der Waals surface area contributed by atoms with E-state index in [1.165, 1.54) is 24.6 Å². The summed E-state index contributed by atoms with van der Waals surface area (Å²) in [6, 6.07) is 20.0. The van der Waals surface area contributed by atoms with Crippen LogP contribution < -0.4 is 4.74 Å². The number of nitrogens with zero attached hydrogens (tertiary/aromatic N) is 2. The van der Waals surface area contributed by atoms with Crippen LogP contribution in [0.25, 0.3) is 0 Å². The maximum Gasteiger partial charge on any atom is 0.338 e. The number of rotatable bonds is 12. The second-order valence-corrected chi connectivity index (χ2v) is 8.84. The number of hydrogen-bond acceptors (Lipinski definition) is 10. The number of methoxy groups -OCH3 is 2. The summed E-state index contributed by atoms with van der Waals surface area (Å²) in [5, 5.41) is 11.5. The summed E-state index contributed by atoms with van der Waals surface area (Å²) in [6.07, 6.45) is -1.13. The van der Waals surface area contributed by atoms with Crippen LogP contribution in [0.3, 0.4) is 0 Å². The summed E-state index contributed by atoms with van der Waals surface area (Å²) in [4.78, 5) is 37.4. The minimum atomic E-state index is -1.16. The third kappa shape index (κ3) is 7.29. The molecule has 0 fully saturated rings. The number of hydrogen-bond donors (Lipinski definition) is 0. The van der Waals surface area contributed by atoms with E-state index < -0.39 is 29.0 Å². The summed E-state index contributed by atoms with van der Waals surface area (Å²) in [7, 11) is 4.29. The van der Waals surface area contributed by atoms with E-state index in [2.05, 4.69) is 0 Å². The average molecular weight is 527 g/mol. The Morgan fingerprint density at radius 3 is 2.24 bits per heavy atom. The molecule has 194 valence electrons. The maximum atomic E-state index is 13.1. The number of esters is 2. The number of likely N-dealkylation sites (N-methyl/N-ethyl adjacent to an activating group) is 1. The number of para-hydroxylation sites is 1. The van der Waals surface area contributed by atoms with Gasteiger partial charge in [0.15, 0.2) is 18.9 Å². The lowest BCUT2D eigenvalue weighted by Crippen LogP contribution is -2.42. The van der Waals surface area contributed by atoms with Crippen LogP contribution in [0, 0.1) is 10.1 Å². The van der Waals surface area contributed by atoms with Gasteiger partial charge >= 0.3 is 11.9 Å². The van der Waals surface area contributed by atoms with Crippen LogP contribution in [0.2, 0.25) is 0 Å². The Bertz CT molecular complexity index is 1210. The quantitative estimate of drug-likeness (QED) is 0.108. The highest BCUT2D eigenvalue weighted by atomic mass is 32.2. The van der Waals surface area contributed by atoms with E-state index in [1.54, 1.807) is 79.8 Å². The van der Waals surface area contributed by atoms with Crippen molar-refractivity contribution >= 4 is 29.6 Å². The first-order valence-corrected chi connectivity index (χ1v) is 11.8. The molecule has 0 unspecified atom stereocenters. The molecule has 0 radical (unpaired) electrons. The van der Waals surface area contributed by atoms with Gasteiger partial charge in [0, 0.05) is 13.2 Å². The number of nitro benzene ring substituents is 1. The van der Waals surface area contributed by atoms with Gasteiger partial charge in [0.1, 0.15) is 10.6 Å². The van der Waals surface area contributed by atoms with Gasteiger partial charge < -0.3 is 18.9 Å². The highest BCUT2D eigenvalue weighted by Gasteiger charge is 2.38. The standard InChI is InChI=1S/C26H26N2O8S/c1-27(37-22-12-8-7-11-21(22)28(31)32)23(26(30)34-3)24(36-25(29)19-9-5-4-6-10-19)18-13-15-20(16-14-18)35-17-33-2/h4-16,23-24H,17H2,1-3H3/t23-,24+/m1/s1. The molecule has 0 saturated heterocycles. The van der Waals surface area contributed by atoms with Crippen molar-refractivity contribution in [2.45, 2.75) is 17.0 Å². The van der Waals surface area contributed by atoms with Crippen LogP contribution in [-0.2, 0) is 19.0 Å². The van der Waals surface area contributed by atoms with Crippen LogP contribution in [0.15, 0.2) is 83.8 Å². The molecule has 0 bridgehead atoms. The zero-order chi connectivity index (χ0) is 26.8. The molecule has 0 N–H and O–H groups in total. The highest BCUT2D eigenvalue weighted by Crippen LogP contribution is 2.36. The molecule has 0 heterocycles. The first kappa shape index (κ1) is 27.7. The van der Waals surface area contributed by atoms with Crippen LogP contribution in [-0.4, -0.2) is 55.3 Å². The molecule has 0 spiro atoms. The third-order valence-corrected chi connectivity index (χ3v) is 6.28. The molecular weight excluding hydrogens is 500 g/mol. The zero-order valence-corrected chi connectivity index (χ0v) is 21.3. The van der Waals surface area contributed by atoms with E-state index in [-0.39, 0.29) is 12.5 Å². The largest absolute Gasteiger partial charge is 0.468 e. The van der Waals surface area contributed by atoms with Crippen molar-refractivity contribution in [3.63, 3.8) is 0 Å². The van der Waals surface area contributed by atoms with E-state index in [9.17, 15) is 19.7 Å². The number of ether oxygens (including phenoxy) is 4. The second kappa shape index (κ2) is 13.4. The predicted molar refractivity (Wildman–Crippen MR) is 136 cm³/mol. The number of nitro groups is 1. The van der Waals surface area contributed by atoms with Crippen LogP contribution >= 0.6 is 11.9 Å². The molecule has 0 aromatic heterocycles. The average Bonchev–Trinajstić information content (AvgIpc) is 2.92. The van der Waals surface area contributed by atoms with Gasteiger partial charge in [0.05, 0.1) is 17.6 Å². The van der Waals surface area contributed by atoms with Gasteiger partial charge in [0.2, 0.25) is 0 Å². The summed E-state index contributed by atoms with van der Waals surface area (Å²) in [6.45, 7) is 0.0474. The first-order valence-electron chi connectivity index (χ1n) is 11.1. The van der Waals surface area contributed by atoms with Crippen molar-refractivity contribution in [1.29, 1.82) is 0 Å². The molecule has 3 aromatic rings. The topological polar surface area (TPSA) is 117 Å². The molecule has 0 aliphatic carbocycles. The Balaban J connectivity index is 2.00. The molecule has 3 aromatic carbocycles. The lowest BCUT2D eigenvalue weighted by Gasteiger charge is -2.31. The van der Waals surface area contributed by atoms with Gasteiger partial charge in [-0.1, -0.05) is 42.5 Å². The molecule has 2 atom stereocenters. The highest BCUT2D eigenvalue weighted by molar-refractivity contribution is 7.97. The summed E-state index contributed by atoms with van der Waals surface area (Å²) in [5.41, 5.74) is 0.657. The number of carbonyl (C=O) groups excluding carboxylic acids is 2. The van der Waals surface area contributed by atoms with Gasteiger partial charge in [-0.2, -0.15) is 0 Å². The fourth-order valence-electron chi connectivity index (χ4n) is 3.43. The van der Waals surface area contributed by atoms with E-state index in [0.29, 0.717) is 21.8 Å². The molecule has 10 nitrogen and oxygen atoms in total. The Kier molecular flexibility index (Phi) is 10.0. The van der Waals surface area contributed by atoms with E-state index in [1.807, 2.05) is 0 Å². The van der Waals surface area contributed by atoms with Crippen molar-refractivity contribution in [2.75, 3.05) is 28.1 Å². The minimum Gasteiger partial charge on any atom is -0.468 e. The molecule has 0 aliphatic heterocycles. The Labute approximate surface area is 218 Å². The maximum absolute atomic E-state index is 13.1. The van der Waals surface area contributed by atoms with Crippen molar-refractivity contribution in [3.05, 3.63) is 100 Å². The Hall–Kier alpha value is -3.93. The normalized spacial score (nSPS) is 12.4. The van der Waals surface area contributed by atoms with Gasteiger partial charge in [-0.25, -0.2) is 9.10 Å². The lowest BCUT2D eigenvalue weighted by atomic mass is 10.0. The summed E-state index contributed by atoms with van der Waals surface area (Å²) >= 11 is 0.969. The SMILES string of the molecule is COCOc1ccc([C@H](OC(=O)c2ccccc2)[C@H](C(=O)OC)N(C)Sc2ccccc2[N+](=O)[O-])cc1. The lowest BCUT2D eigenvalue weighted by molar-refractivity contribution is -0.387. The summed E-state index contributed by atoms with van der Waals surface area (Å²) in [5.74, 6) is -0.835. The van der Waals surface area contributed by atoms with Gasteiger partial charge in [0.25, 0.3) is 5.69 Å². The molecular formula is C26H26N2O8S. The van der Waals surface area contributed by atoms with E-state index in [0.717, 1.165) is 11.9 Å². The van der Waals surface area contributed by atoms with Crippen molar-refractivity contribution in [1.82, 2.24) is 4.31 Å².